The van der Waals surface area contributed by atoms with Gasteiger partial charge in [-0.25, -0.2) is 0 Å². The third kappa shape index (κ3) is 1.87. The van der Waals surface area contributed by atoms with Crippen molar-refractivity contribution in [2.75, 3.05) is 7.11 Å². The third-order valence-corrected chi connectivity index (χ3v) is 2.61. The van der Waals surface area contributed by atoms with Crippen LogP contribution in [0.3, 0.4) is 0 Å². The van der Waals surface area contributed by atoms with Crippen molar-refractivity contribution in [1.82, 2.24) is 0 Å². The highest BCUT2D eigenvalue weighted by molar-refractivity contribution is 5.71. The van der Waals surface area contributed by atoms with E-state index in [9.17, 15) is 5.11 Å². The molecule has 0 bridgehead atoms. The topological polar surface area (TPSA) is 29.5 Å². The van der Waals surface area contributed by atoms with Crippen molar-refractivity contribution in [3.8, 4) is 22.6 Å². The van der Waals surface area contributed by atoms with Crippen LogP contribution in [0.4, 0.5) is 0 Å². The summed E-state index contributed by atoms with van der Waals surface area (Å²) >= 11 is 0. The number of phenolic OH excluding ortho intramolecular Hbond substituents is 1. The highest BCUT2D eigenvalue weighted by Crippen LogP contribution is 2.31. The minimum atomic E-state index is 0.318. The summed E-state index contributed by atoms with van der Waals surface area (Å²) in [6.45, 7) is 1.88. The minimum Gasteiger partial charge on any atom is -0.508 e. The Morgan fingerprint density at radius 2 is 1.81 bits per heavy atom. The molecule has 0 atom stereocenters. The van der Waals surface area contributed by atoms with Gasteiger partial charge >= 0.3 is 0 Å². The second-order valence-corrected chi connectivity index (χ2v) is 3.70. The Labute approximate surface area is 95.1 Å². The average Bonchev–Trinajstić information content (AvgIpc) is 2.32. The van der Waals surface area contributed by atoms with Crippen molar-refractivity contribution in [1.29, 1.82) is 0 Å². The van der Waals surface area contributed by atoms with Crippen LogP contribution in [0.5, 0.6) is 11.5 Å². The van der Waals surface area contributed by atoms with Crippen molar-refractivity contribution in [3.63, 3.8) is 0 Å². The molecule has 1 N–H and O–H groups in total. The van der Waals surface area contributed by atoms with Gasteiger partial charge < -0.3 is 9.84 Å². The fourth-order valence-electron chi connectivity index (χ4n) is 1.71. The smallest absolute Gasteiger partial charge is 0.126 e. The van der Waals surface area contributed by atoms with Crippen LogP contribution in [0, 0.1) is 6.92 Å². The van der Waals surface area contributed by atoms with Crippen LogP contribution in [0.15, 0.2) is 42.5 Å². The quantitative estimate of drug-likeness (QED) is 0.830. The molecule has 0 saturated carbocycles. The number of benzene rings is 2. The molecule has 82 valence electrons. The van der Waals surface area contributed by atoms with E-state index in [0.29, 0.717) is 5.75 Å². The van der Waals surface area contributed by atoms with E-state index in [1.54, 1.807) is 13.2 Å². The van der Waals surface area contributed by atoms with Gasteiger partial charge in [0.15, 0.2) is 0 Å². The Morgan fingerprint density at radius 3 is 2.50 bits per heavy atom. The zero-order valence-electron chi connectivity index (χ0n) is 9.40. The van der Waals surface area contributed by atoms with Gasteiger partial charge in [-0.15, -0.1) is 0 Å². The zero-order valence-corrected chi connectivity index (χ0v) is 9.40. The van der Waals surface area contributed by atoms with Crippen LogP contribution in [0.2, 0.25) is 0 Å². The first kappa shape index (κ1) is 10.6. The van der Waals surface area contributed by atoms with Crippen molar-refractivity contribution in [2.45, 2.75) is 6.92 Å². The van der Waals surface area contributed by atoms with E-state index >= 15 is 0 Å². The van der Waals surface area contributed by atoms with E-state index in [2.05, 4.69) is 0 Å². The van der Waals surface area contributed by atoms with Gasteiger partial charge in [0.05, 0.1) is 7.11 Å². The predicted molar refractivity (Wildman–Crippen MR) is 64.8 cm³/mol. The van der Waals surface area contributed by atoms with E-state index < -0.39 is 0 Å². The summed E-state index contributed by atoms with van der Waals surface area (Å²) in [5.41, 5.74) is 2.95. The number of methoxy groups -OCH3 is 1. The van der Waals surface area contributed by atoms with Gasteiger partial charge in [-0.05, 0) is 36.2 Å². The molecule has 0 amide bonds. The Bertz CT molecular complexity index is 504. The number of ether oxygens (including phenoxy) is 1. The lowest BCUT2D eigenvalue weighted by molar-refractivity contribution is 0.416. The summed E-state index contributed by atoms with van der Waals surface area (Å²) < 4.78 is 5.31. The van der Waals surface area contributed by atoms with Crippen LogP contribution in [-0.2, 0) is 0 Å². The number of hydrogen-bond donors (Lipinski definition) is 1. The summed E-state index contributed by atoms with van der Waals surface area (Å²) in [7, 11) is 1.66. The minimum absolute atomic E-state index is 0.318. The Balaban J connectivity index is 2.54. The molecule has 0 heterocycles. The monoisotopic (exact) mass is 214 g/mol. The Hall–Kier alpha value is -1.96. The standard InChI is InChI=1S/C14H14O2/c1-10-9-11(7-8-13(10)15)12-5-3-4-6-14(12)16-2/h3-9,15H,1-2H3. The maximum atomic E-state index is 9.49. The lowest BCUT2D eigenvalue weighted by Gasteiger charge is -2.09. The fourth-order valence-corrected chi connectivity index (χ4v) is 1.71. The highest BCUT2D eigenvalue weighted by Gasteiger charge is 2.05. The molecule has 2 aromatic carbocycles. The SMILES string of the molecule is COc1ccccc1-c1ccc(O)c(C)c1. The largest absolute Gasteiger partial charge is 0.508 e. The second-order valence-electron chi connectivity index (χ2n) is 3.70. The molecule has 16 heavy (non-hydrogen) atoms. The number of aromatic hydroxyl groups is 1. The molecule has 0 unspecified atom stereocenters. The van der Waals surface area contributed by atoms with E-state index in [1.807, 2.05) is 43.3 Å². The first-order valence-corrected chi connectivity index (χ1v) is 5.15. The number of aryl methyl sites for hydroxylation is 1. The Morgan fingerprint density at radius 1 is 1.06 bits per heavy atom. The van der Waals surface area contributed by atoms with Crippen LogP contribution >= 0.6 is 0 Å². The normalized spacial score (nSPS) is 10.1. The molecule has 0 saturated heterocycles. The first-order valence-electron chi connectivity index (χ1n) is 5.15. The van der Waals surface area contributed by atoms with Gasteiger partial charge in [-0.2, -0.15) is 0 Å². The molecule has 0 aromatic heterocycles. The molecule has 0 aliphatic carbocycles. The van der Waals surface area contributed by atoms with E-state index in [0.717, 1.165) is 22.4 Å². The molecule has 2 nitrogen and oxygen atoms in total. The summed E-state index contributed by atoms with van der Waals surface area (Å²) in [5, 5.41) is 9.49. The summed E-state index contributed by atoms with van der Waals surface area (Å²) in [6.07, 6.45) is 0. The molecule has 0 aliphatic heterocycles. The van der Waals surface area contributed by atoms with Crippen LogP contribution in [0.25, 0.3) is 11.1 Å². The lowest BCUT2D eigenvalue weighted by Crippen LogP contribution is -1.87. The molecular weight excluding hydrogens is 200 g/mol. The van der Waals surface area contributed by atoms with Crippen LogP contribution < -0.4 is 4.74 Å². The van der Waals surface area contributed by atoms with Crippen molar-refractivity contribution >= 4 is 0 Å². The third-order valence-electron chi connectivity index (χ3n) is 2.61. The van der Waals surface area contributed by atoms with E-state index in [-0.39, 0.29) is 0 Å². The summed E-state index contributed by atoms with van der Waals surface area (Å²) in [6, 6.07) is 13.4. The molecule has 0 spiro atoms. The van der Waals surface area contributed by atoms with Gasteiger partial charge in [0.2, 0.25) is 0 Å². The molecule has 2 rings (SSSR count). The zero-order chi connectivity index (χ0) is 11.5. The van der Waals surface area contributed by atoms with Crippen molar-refractivity contribution in [2.24, 2.45) is 0 Å². The number of rotatable bonds is 2. The summed E-state index contributed by atoms with van der Waals surface area (Å²) in [5.74, 6) is 1.16. The highest BCUT2D eigenvalue weighted by atomic mass is 16.5. The second kappa shape index (κ2) is 4.27. The van der Waals surface area contributed by atoms with E-state index in [4.69, 9.17) is 4.74 Å². The first-order chi connectivity index (χ1) is 7.72. The molecule has 0 radical (unpaired) electrons. The van der Waals surface area contributed by atoms with Gasteiger partial charge in [-0.1, -0.05) is 24.3 Å². The van der Waals surface area contributed by atoms with Gasteiger partial charge in [0.25, 0.3) is 0 Å². The number of hydrogen-bond acceptors (Lipinski definition) is 2. The van der Waals surface area contributed by atoms with E-state index in [1.165, 1.54) is 0 Å². The van der Waals surface area contributed by atoms with Gasteiger partial charge in [-0.3, -0.25) is 0 Å². The molecular formula is C14H14O2. The van der Waals surface area contributed by atoms with Gasteiger partial charge in [0.1, 0.15) is 11.5 Å². The maximum absolute atomic E-state index is 9.49. The molecule has 0 aliphatic rings. The van der Waals surface area contributed by atoms with Crippen molar-refractivity contribution in [3.05, 3.63) is 48.0 Å². The molecule has 2 heteroatoms. The van der Waals surface area contributed by atoms with Crippen LogP contribution in [-0.4, -0.2) is 12.2 Å². The number of para-hydroxylation sites is 1. The molecule has 0 fully saturated rings. The van der Waals surface area contributed by atoms with Crippen LogP contribution in [0.1, 0.15) is 5.56 Å². The molecule has 2 aromatic rings. The van der Waals surface area contributed by atoms with Gasteiger partial charge in [0, 0.05) is 5.56 Å². The Kier molecular flexibility index (Phi) is 2.82. The van der Waals surface area contributed by atoms with Crippen molar-refractivity contribution < 1.29 is 9.84 Å². The summed E-state index contributed by atoms with van der Waals surface area (Å²) in [4.78, 5) is 0. The lowest BCUT2D eigenvalue weighted by atomic mass is 10.0. The average molecular weight is 214 g/mol. The predicted octanol–water partition coefficient (Wildman–Crippen LogP) is 3.38. The fraction of sp³-hybridized carbons (Fsp3) is 0.143. The number of phenols is 1. The maximum Gasteiger partial charge on any atom is 0.126 e.